The third-order valence-corrected chi connectivity index (χ3v) is 3.38. The number of nitrogens with zero attached hydrogens (tertiary/aromatic N) is 2. The van der Waals surface area contributed by atoms with Gasteiger partial charge in [-0.1, -0.05) is 0 Å². The number of hydrogen-bond acceptors (Lipinski definition) is 3. The van der Waals surface area contributed by atoms with E-state index in [0.29, 0.717) is 10.2 Å². The average molecular weight is 303 g/mol. The molecule has 5 heteroatoms. The first-order valence-corrected chi connectivity index (χ1v) is 6.64. The summed E-state index contributed by atoms with van der Waals surface area (Å²) < 4.78 is 19.0. The quantitative estimate of drug-likeness (QED) is 0.800. The molecule has 0 bridgehead atoms. The first kappa shape index (κ1) is 12.8. The lowest BCUT2D eigenvalue weighted by Crippen LogP contribution is -2.31. The summed E-state index contributed by atoms with van der Waals surface area (Å²) in [6.07, 6.45) is 4.06. The summed E-state index contributed by atoms with van der Waals surface area (Å²) >= 11 is 3.10. The first-order valence-electron chi connectivity index (χ1n) is 5.85. The van der Waals surface area contributed by atoms with Crippen LogP contribution in [0, 0.1) is 5.95 Å². The standard InChI is InChI=1S/C12H16BrFN2O/c1-9(8-16-4-2-3-5-16)17-10-6-11(13)12(14)15-7-10/h6-7,9H,2-5,8H2,1H3/t9-/m0/s1. The molecule has 0 spiro atoms. The second kappa shape index (κ2) is 5.78. The van der Waals surface area contributed by atoms with Crippen LogP contribution in [0.15, 0.2) is 16.7 Å². The molecule has 2 rings (SSSR count). The van der Waals surface area contributed by atoms with Crippen LogP contribution in [-0.2, 0) is 0 Å². The SMILES string of the molecule is C[C@@H](CN1CCCC1)Oc1cnc(F)c(Br)c1. The number of rotatable bonds is 4. The fraction of sp³-hybridized carbons (Fsp3) is 0.583. The first-order chi connectivity index (χ1) is 8.15. The number of halogens is 2. The Morgan fingerprint density at radius 1 is 1.53 bits per heavy atom. The van der Waals surface area contributed by atoms with Gasteiger partial charge in [0.1, 0.15) is 11.9 Å². The summed E-state index contributed by atoms with van der Waals surface area (Å²) in [4.78, 5) is 6.00. The van der Waals surface area contributed by atoms with Gasteiger partial charge in [0.15, 0.2) is 0 Å². The van der Waals surface area contributed by atoms with Crippen molar-refractivity contribution in [1.82, 2.24) is 9.88 Å². The minimum atomic E-state index is -0.510. The maximum Gasteiger partial charge on any atom is 0.227 e. The molecule has 0 radical (unpaired) electrons. The molecule has 1 fully saturated rings. The van der Waals surface area contributed by atoms with E-state index in [2.05, 4.69) is 25.8 Å². The van der Waals surface area contributed by atoms with E-state index in [-0.39, 0.29) is 6.10 Å². The lowest BCUT2D eigenvalue weighted by atomic mass is 10.3. The van der Waals surface area contributed by atoms with Crippen LogP contribution in [0.25, 0.3) is 0 Å². The van der Waals surface area contributed by atoms with Gasteiger partial charge in [-0.15, -0.1) is 0 Å². The van der Waals surface area contributed by atoms with Gasteiger partial charge in [-0.25, -0.2) is 4.98 Å². The maximum absolute atomic E-state index is 12.9. The number of aromatic nitrogens is 1. The molecule has 0 unspecified atom stereocenters. The van der Waals surface area contributed by atoms with Crippen molar-refractivity contribution in [3.8, 4) is 5.75 Å². The molecular weight excluding hydrogens is 287 g/mol. The van der Waals surface area contributed by atoms with Crippen molar-refractivity contribution < 1.29 is 9.13 Å². The predicted molar refractivity (Wildman–Crippen MR) is 67.7 cm³/mol. The molecular formula is C12H16BrFN2O. The van der Waals surface area contributed by atoms with Crippen molar-refractivity contribution >= 4 is 15.9 Å². The van der Waals surface area contributed by atoms with E-state index in [0.717, 1.165) is 19.6 Å². The van der Waals surface area contributed by atoms with Gasteiger partial charge in [0.05, 0.1) is 10.7 Å². The van der Waals surface area contributed by atoms with Crippen molar-refractivity contribution in [3.05, 3.63) is 22.7 Å². The highest BCUT2D eigenvalue weighted by molar-refractivity contribution is 9.10. The Kier molecular flexibility index (Phi) is 4.34. The predicted octanol–water partition coefficient (Wildman–Crippen LogP) is 2.85. The monoisotopic (exact) mass is 302 g/mol. The summed E-state index contributed by atoms with van der Waals surface area (Å²) in [6, 6.07) is 1.61. The summed E-state index contributed by atoms with van der Waals surface area (Å²) in [5, 5.41) is 0. The fourth-order valence-electron chi connectivity index (χ4n) is 2.07. The van der Waals surface area contributed by atoms with Gasteiger partial charge in [0.25, 0.3) is 0 Å². The molecule has 1 aromatic heterocycles. The smallest absolute Gasteiger partial charge is 0.227 e. The Labute approximate surface area is 109 Å². The Morgan fingerprint density at radius 3 is 2.88 bits per heavy atom. The van der Waals surface area contributed by atoms with Crippen LogP contribution in [-0.4, -0.2) is 35.6 Å². The van der Waals surface area contributed by atoms with E-state index in [9.17, 15) is 4.39 Å². The molecule has 3 nitrogen and oxygen atoms in total. The zero-order valence-corrected chi connectivity index (χ0v) is 11.4. The van der Waals surface area contributed by atoms with Gasteiger partial charge in [0.2, 0.25) is 5.95 Å². The average Bonchev–Trinajstić information content (AvgIpc) is 2.76. The Morgan fingerprint density at radius 2 is 2.24 bits per heavy atom. The third-order valence-electron chi connectivity index (χ3n) is 2.82. The van der Waals surface area contributed by atoms with E-state index in [1.165, 1.54) is 19.0 Å². The van der Waals surface area contributed by atoms with Crippen molar-refractivity contribution in [1.29, 1.82) is 0 Å². The molecule has 0 N–H and O–H groups in total. The number of pyridine rings is 1. The molecule has 0 amide bonds. The van der Waals surface area contributed by atoms with Gasteiger partial charge in [-0.2, -0.15) is 4.39 Å². The molecule has 0 aromatic carbocycles. The number of ether oxygens (including phenoxy) is 1. The molecule has 1 saturated heterocycles. The summed E-state index contributed by atoms with van der Waals surface area (Å²) in [6.45, 7) is 5.24. The molecule has 1 aromatic rings. The van der Waals surface area contributed by atoms with E-state index >= 15 is 0 Å². The molecule has 17 heavy (non-hydrogen) atoms. The lowest BCUT2D eigenvalue weighted by molar-refractivity contribution is 0.161. The van der Waals surface area contributed by atoms with Crippen LogP contribution in [0.4, 0.5) is 4.39 Å². The molecule has 1 atom stereocenters. The van der Waals surface area contributed by atoms with Crippen LogP contribution >= 0.6 is 15.9 Å². The van der Waals surface area contributed by atoms with E-state index < -0.39 is 5.95 Å². The molecule has 94 valence electrons. The lowest BCUT2D eigenvalue weighted by Gasteiger charge is -2.21. The van der Waals surface area contributed by atoms with Crippen molar-refractivity contribution in [2.45, 2.75) is 25.9 Å². The third kappa shape index (κ3) is 3.64. The van der Waals surface area contributed by atoms with E-state index in [1.807, 2.05) is 6.92 Å². The van der Waals surface area contributed by atoms with Gasteiger partial charge < -0.3 is 4.74 Å². The van der Waals surface area contributed by atoms with Crippen LogP contribution in [0.1, 0.15) is 19.8 Å². The molecule has 1 aliphatic rings. The van der Waals surface area contributed by atoms with Gasteiger partial charge in [-0.05, 0) is 48.8 Å². The number of hydrogen-bond donors (Lipinski definition) is 0. The molecule has 0 saturated carbocycles. The van der Waals surface area contributed by atoms with E-state index in [1.54, 1.807) is 6.07 Å². The van der Waals surface area contributed by atoms with Gasteiger partial charge in [0, 0.05) is 12.6 Å². The zero-order chi connectivity index (χ0) is 12.3. The minimum Gasteiger partial charge on any atom is -0.488 e. The van der Waals surface area contributed by atoms with Crippen molar-refractivity contribution in [2.24, 2.45) is 0 Å². The summed E-state index contributed by atoms with van der Waals surface area (Å²) in [7, 11) is 0. The zero-order valence-electron chi connectivity index (χ0n) is 9.83. The van der Waals surface area contributed by atoms with Crippen molar-refractivity contribution in [3.63, 3.8) is 0 Å². The maximum atomic E-state index is 12.9. The second-order valence-electron chi connectivity index (χ2n) is 4.38. The molecule has 2 heterocycles. The molecule has 1 aliphatic heterocycles. The topological polar surface area (TPSA) is 25.4 Å². The molecule has 0 aliphatic carbocycles. The van der Waals surface area contributed by atoms with E-state index in [4.69, 9.17) is 4.74 Å². The Balaban J connectivity index is 1.88. The van der Waals surface area contributed by atoms with Crippen molar-refractivity contribution in [2.75, 3.05) is 19.6 Å². The summed E-state index contributed by atoms with van der Waals surface area (Å²) in [5.41, 5.74) is 0. The number of likely N-dealkylation sites (tertiary alicyclic amines) is 1. The van der Waals surface area contributed by atoms with Crippen LogP contribution in [0.5, 0.6) is 5.75 Å². The van der Waals surface area contributed by atoms with Gasteiger partial charge in [-0.3, -0.25) is 4.90 Å². The Hall–Kier alpha value is -0.680. The Bertz CT molecular complexity index is 383. The summed E-state index contributed by atoms with van der Waals surface area (Å²) in [5.74, 6) is 0.0921. The second-order valence-corrected chi connectivity index (χ2v) is 5.23. The van der Waals surface area contributed by atoms with Crippen LogP contribution in [0.2, 0.25) is 0 Å². The highest BCUT2D eigenvalue weighted by Gasteiger charge is 2.15. The fourth-order valence-corrected chi connectivity index (χ4v) is 2.39. The highest BCUT2D eigenvalue weighted by Crippen LogP contribution is 2.20. The normalized spacial score (nSPS) is 18.3. The largest absolute Gasteiger partial charge is 0.488 e. The van der Waals surface area contributed by atoms with Gasteiger partial charge >= 0.3 is 0 Å². The highest BCUT2D eigenvalue weighted by atomic mass is 79.9. The van der Waals surface area contributed by atoms with Crippen LogP contribution < -0.4 is 4.74 Å². The van der Waals surface area contributed by atoms with Crippen LogP contribution in [0.3, 0.4) is 0 Å². The minimum absolute atomic E-state index is 0.0901.